The topological polar surface area (TPSA) is 26.0 Å². The Labute approximate surface area is 69.6 Å². The van der Waals surface area contributed by atoms with Gasteiger partial charge in [-0.3, -0.25) is 0 Å². The molecule has 54 valence electrons. The molecule has 0 aromatic carbocycles. The molecular weight excluding hydrogens is 177 g/mol. The second kappa shape index (κ2) is 6.75. The van der Waals surface area contributed by atoms with Gasteiger partial charge in [0, 0.05) is 28.6 Å². The van der Waals surface area contributed by atoms with E-state index in [9.17, 15) is 0 Å². The van der Waals surface area contributed by atoms with Gasteiger partial charge in [0.15, 0.2) is 0 Å². The number of halogens is 2. The van der Waals surface area contributed by atoms with Crippen LogP contribution in [0.25, 0.3) is 0 Å². The van der Waals surface area contributed by atoms with Crippen LogP contribution in [-0.4, -0.2) is 18.1 Å². The quantitative estimate of drug-likeness (QED) is 0.679. The van der Waals surface area contributed by atoms with Crippen LogP contribution < -0.4 is 5.73 Å². The Morgan fingerprint density at radius 2 is 2.33 bits per heavy atom. The van der Waals surface area contributed by atoms with Crippen LogP contribution in [0.2, 0.25) is 0 Å². The highest BCUT2D eigenvalue weighted by Crippen LogP contribution is 2.11. The Morgan fingerprint density at radius 3 is 2.78 bits per heavy atom. The van der Waals surface area contributed by atoms with Gasteiger partial charge in [-0.1, -0.05) is 23.2 Å². The number of nitrogens with two attached hydrogens (primary N) is 1. The van der Waals surface area contributed by atoms with E-state index in [2.05, 4.69) is 0 Å². The predicted molar refractivity (Wildman–Crippen MR) is 46.2 cm³/mol. The summed E-state index contributed by atoms with van der Waals surface area (Å²) in [6, 6.07) is 0. The number of hydrogen-bond donors (Lipinski definition) is 1. The van der Waals surface area contributed by atoms with Crippen molar-refractivity contribution in [3.8, 4) is 0 Å². The van der Waals surface area contributed by atoms with Gasteiger partial charge in [0.1, 0.15) is 0 Å². The Kier molecular flexibility index (Phi) is 7.22. The summed E-state index contributed by atoms with van der Waals surface area (Å²) in [6.45, 7) is 0.692. The van der Waals surface area contributed by atoms with E-state index in [1.54, 1.807) is 11.8 Å². The van der Waals surface area contributed by atoms with Crippen LogP contribution in [0.5, 0.6) is 0 Å². The minimum atomic E-state index is 0.676. The van der Waals surface area contributed by atoms with Crippen LogP contribution >= 0.6 is 35.0 Å². The van der Waals surface area contributed by atoms with Crippen LogP contribution in [0.3, 0.4) is 0 Å². The highest BCUT2D eigenvalue weighted by atomic mass is 35.5. The van der Waals surface area contributed by atoms with Crippen molar-refractivity contribution in [2.75, 3.05) is 18.1 Å². The van der Waals surface area contributed by atoms with E-state index in [-0.39, 0.29) is 0 Å². The van der Waals surface area contributed by atoms with Gasteiger partial charge in [-0.25, -0.2) is 0 Å². The molecule has 0 aliphatic rings. The molecule has 0 aromatic heterocycles. The van der Waals surface area contributed by atoms with Crippen LogP contribution in [-0.2, 0) is 0 Å². The zero-order chi connectivity index (χ0) is 7.11. The van der Waals surface area contributed by atoms with E-state index in [0.29, 0.717) is 11.6 Å². The zero-order valence-corrected chi connectivity index (χ0v) is 7.27. The molecule has 0 saturated heterocycles. The largest absolute Gasteiger partial charge is 0.330 e. The van der Waals surface area contributed by atoms with Gasteiger partial charge in [0.05, 0.1) is 0 Å². The summed E-state index contributed by atoms with van der Waals surface area (Å²) >= 11 is 12.5. The summed E-state index contributed by atoms with van der Waals surface area (Å²) in [7, 11) is 0. The summed E-state index contributed by atoms with van der Waals surface area (Å²) in [5.41, 5.74) is 6.62. The summed E-state index contributed by atoms with van der Waals surface area (Å²) in [4.78, 5) is 0. The molecular formula is C5H9Cl2NS. The smallest absolute Gasteiger partial charge is 0.0392 e. The first kappa shape index (κ1) is 9.63. The molecule has 0 aliphatic heterocycles. The molecule has 9 heavy (non-hydrogen) atoms. The number of rotatable bonds is 4. The molecule has 0 heterocycles. The van der Waals surface area contributed by atoms with Crippen molar-refractivity contribution in [3.63, 3.8) is 0 Å². The van der Waals surface area contributed by atoms with Crippen molar-refractivity contribution in [2.45, 2.75) is 0 Å². The molecule has 0 aromatic rings. The molecule has 0 radical (unpaired) electrons. The lowest BCUT2D eigenvalue weighted by Crippen LogP contribution is -2.01. The first-order valence-electron chi connectivity index (χ1n) is 2.54. The van der Waals surface area contributed by atoms with Crippen molar-refractivity contribution in [2.24, 2.45) is 5.73 Å². The lowest BCUT2D eigenvalue weighted by molar-refractivity contribution is 1.15. The van der Waals surface area contributed by atoms with Crippen molar-refractivity contribution >= 4 is 35.0 Å². The molecule has 2 N–H and O–H groups in total. The molecule has 4 heteroatoms. The van der Waals surface area contributed by atoms with Crippen LogP contribution in [0.1, 0.15) is 0 Å². The highest BCUT2D eigenvalue weighted by Gasteiger charge is 1.89. The maximum Gasteiger partial charge on any atom is 0.0392 e. The normalized spacial score (nSPS) is 12.1. The number of hydrogen-bond acceptors (Lipinski definition) is 2. The average Bonchev–Trinajstić information content (AvgIpc) is 1.89. The molecule has 0 amide bonds. The molecule has 1 nitrogen and oxygen atoms in total. The van der Waals surface area contributed by atoms with Crippen molar-refractivity contribution < 1.29 is 0 Å². The van der Waals surface area contributed by atoms with E-state index in [1.165, 1.54) is 5.54 Å². The maximum absolute atomic E-state index is 5.57. The minimum Gasteiger partial charge on any atom is -0.330 e. The fourth-order valence-corrected chi connectivity index (χ4v) is 1.27. The van der Waals surface area contributed by atoms with Gasteiger partial charge >= 0.3 is 0 Å². The molecule has 0 fully saturated rings. The molecule has 0 bridgehead atoms. The lowest BCUT2D eigenvalue weighted by atomic mass is 10.7. The van der Waals surface area contributed by atoms with Crippen molar-refractivity contribution in [1.82, 2.24) is 0 Å². The lowest BCUT2D eigenvalue weighted by Gasteiger charge is -1.94. The number of thioether (sulfide) groups is 1. The van der Waals surface area contributed by atoms with E-state index in [0.717, 1.165) is 11.5 Å². The Hall–Kier alpha value is 0.630. The van der Waals surface area contributed by atoms with Crippen LogP contribution in [0, 0.1) is 0 Å². The van der Waals surface area contributed by atoms with Crippen LogP contribution in [0.15, 0.2) is 10.6 Å². The van der Waals surface area contributed by atoms with Gasteiger partial charge in [0.25, 0.3) is 0 Å². The van der Waals surface area contributed by atoms with Crippen molar-refractivity contribution in [3.05, 3.63) is 10.6 Å². The first-order chi connectivity index (χ1) is 4.31. The van der Waals surface area contributed by atoms with Gasteiger partial charge in [-0.15, -0.1) is 0 Å². The van der Waals surface area contributed by atoms with Gasteiger partial charge in [-0.2, -0.15) is 11.8 Å². The molecule has 0 saturated carbocycles. The Balaban J connectivity index is 3.07. The third kappa shape index (κ3) is 6.52. The predicted octanol–water partition coefficient (Wildman–Crippen LogP) is 2.00. The van der Waals surface area contributed by atoms with E-state index in [1.807, 2.05) is 0 Å². The summed E-state index contributed by atoms with van der Waals surface area (Å²) < 4.78 is 0. The third-order valence-electron chi connectivity index (χ3n) is 0.621. The molecule has 0 aliphatic carbocycles. The highest BCUT2D eigenvalue weighted by molar-refractivity contribution is 7.99. The Bertz CT molecular complexity index is 95.0. The molecule has 0 spiro atoms. The second-order valence-corrected chi connectivity index (χ2v) is 3.21. The summed E-state index contributed by atoms with van der Waals surface area (Å²) in [6.07, 6.45) is 0. The van der Waals surface area contributed by atoms with Crippen LogP contribution in [0.4, 0.5) is 0 Å². The van der Waals surface area contributed by atoms with Gasteiger partial charge in [-0.05, 0) is 0 Å². The fourth-order valence-electron chi connectivity index (χ4n) is 0.285. The van der Waals surface area contributed by atoms with Crippen molar-refractivity contribution in [1.29, 1.82) is 0 Å². The monoisotopic (exact) mass is 185 g/mol. The van der Waals surface area contributed by atoms with E-state index >= 15 is 0 Å². The summed E-state index contributed by atoms with van der Waals surface area (Å²) in [5.74, 6) is 1.70. The third-order valence-corrected chi connectivity index (χ3v) is 2.44. The summed E-state index contributed by atoms with van der Waals surface area (Å²) in [5, 5.41) is 0.676. The standard InChI is InChI=1S/C5H9Cl2NS/c6-3-5(7)4-9-2-1-8/h3H,1-2,4,8H2/b5-3-. The second-order valence-electron chi connectivity index (χ2n) is 1.40. The minimum absolute atomic E-state index is 0.676. The SMILES string of the molecule is NCCSC/C(Cl)=C/Cl. The van der Waals surface area contributed by atoms with E-state index < -0.39 is 0 Å². The first-order valence-corrected chi connectivity index (χ1v) is 4.50. The van der Waals surface area contributed by atoms with E-state index in [4.69, 9.17) is 28.9 Å². The average molecular weight is 186 g/mol. The van der Waals surface area contributed by atoms with Gasteiger partial charge < -0.3 is 5.73 Å². The Morgan fingerprint density at radius 1 is 1.67 bits per heavy atom. The molecule has 0 rings (SSSR count). The molecule has 0 unspecified atom stereocenters. The fraction of sp³-hybridized carbons (Fsp3) is 0.600. The maximum atomic E-state index is 5.57. The molecule has 0 atom stereocenters. The van der Waals surface area contributed by atoms with Gasteiger partial charge in [0.2, 0.25) is 0 Å². The zero-order valence-electron chi connectivity index (χ0n) is 4.94.